The molecule has 2 atom stereocenters. The summed E-state index contributed by atoms with van der Waals surface area (Å²) >= 11 is 0. The van der Waals surface area contributed by atoms with Crippen molar-refractivity contribution >= 4 is 10.9 Å². The molecule has 0 saturated heterocycles. The molecule has 0 bridgehead atoms. The number of nitrogens with zero attached hydrogens (tertiary/aromatic N) is 2. The Hall–Kier alpha value is -3.08. The number of aryl methyl sites for hydroxylation is 1. The first-order chi connectivity index (χ1) is 15.6. The first-order valence-electron chi connectivity index (χ1n) is 11.1. The van der Waals surface area contributed by atoms with Crippen LogP contribution in [0.5, 0.6) is 0 Å². The molecule has 1 aliphatic rings. The highest BCUT2D eigenvalue weighted by Gasteiger charge is 2.32. The van der Waals surface area contributed by atoms with Crippen LogP contribution in [0.2, 0.25) is 0 Å². The monoisotopic (exact) mass is 426 g/mol. The van der Waals surface area contributed by atoms with Crippen LogP contribution in [0.25, 0.3) is 22.0 Å². The summed E-state index contributed by atoms with van der Waals surface area (Å²) < 4.78 is 19.5. The number of hydrogen-bond donors (Lipinski definition) is 0. The van der Waals surface area contributed by atoms with Crippen LogP contribution in [0, 0.1) is 5.82 Å². The molecule has 2 unspecified atom stereocenters. The maximum absolute atomic E-state index is 13.2. The Morgan fingerprint density at radius 1 is 1.00 bits per heavy atom. The first-order valence-corrected chi connectivity index (χ1v) is 11.1. The third-order valence-electron chi connectivity index (χ3n) is 6.45. The van der Waals surface area contributed by atoms with Crippen LogP contribution in [0.3, 0.4) is 0 Å². The molecule has 0 radical (unpaired) electrons. The Morgan fingerprint density at radius 2 is 1.81 bits per heavy atom. The summed E-state index contributed by atoms with van der Waals surface area (Å²) in [5, 5.41) is 1.15. The second kappa shape index (κ2) is 8.81. The Labute approximate surface area is 188 Å². The van der Waals surface area contributed by atoms with Crippen LogP contribution in [0.4, 0.5) is 4.39 Å². The molecule has 1 aliphatic heterocycles. The lowest BCUT2D eigenvalue weighted by Crippen LogP contribution is -2.34. The number of halogens is 1. The van der Waals surface area contributed by atoms with Crippen molar-refractivity contribution in [3.8, 4) is 11.1 Å². The Morgan fingerprint density at radius 3 is 2.62 bits per heavy atom. The van der Waals surface area contributed by atoms with Crippen molar-refractivity contribution in [1.82, 2.24) is 9.88 Å². The van der Waals surface area contributed by atoms with Crippen molar-refractivity contribution in [2.24, 2.45) is 0 Å². The highest BCUT2D eigenvalue weighted by atomic mass is 19.1. The van der Waals surface area contributed by atoms with Crippen molar-refractivity contribution in [2.75, 3.05) is 14.1 Å². The Kier molecular flexibility index (Phi) is 5.73. The zero-order valence-corrected chi connectivity index (χ0v) is 18.5. The van der Waals surface area contributed by atoms with Gasteiger partial charge in [-0.1, -0.05) is 42.5 Å². The van der Waals surface area contributed by atoms with E-state index in [2.05, 4.69) is 54.3 Å². The van der Waals surface area contributed by atoms with Crippen molar-refractivity contribution in [1.29, 1.82) is 0 Å². The summed E-state index contributed by atoms with van der Waals surface area (Å²) in [4.78, 5) is 6.86. The van der Waals surface area contributed by atoms with Gasteiger partial charge in [0.2, 0.25) is 0 Å². The van der Waals surface area contributed by atoms with Gasteiger partial charge in [0.05, 0.1) is 18.2 Å². The molecule has 0 amide bonds. The van der Waals surface area contributed by atoms with E-state index in [0.717, 1.165) is 34.9 Å². The van der Waals surface area contributed by atoms with Gasteiger partial charge in [-0.3, -0.25) is 4.98 Å². The van der Waals surface area contributed by atoms with Crippen LogP contribution < -0.4 is 0 Å². The summed E-state index contributed by atoms with van der Waals surface area (Å²) in [5.74, 6) is -0.191. The van der Waals surface area contributed by atoms with Crippen LogP contribution in [0.1, 0.15) is 29.2 Å². The number of hydrogen-bond acceptors (Lipinski definition) is 3. The first kappa shape index (κ1) is 20.8. The fourth-order valence-corrected chi connectivity index (χ4v) is 4.65. The Balaban J connectivity index is 1.37. The lowest BCUT2D eigenvalue weighted by atomic mass is 9.92. The highest BCUT2D eigenvalue weighted by molar-refractivity contribution is 5.83. The van der Waals surface area contributed by atoms with Gasteiger partial charge in [-0.2, -0.15) is 0 Å². The molecule has 1 aromatic heterocycles. The van der Waals surface area contributed by atoms with Gasteiger partial charge in [-0.15, -0.1) is 0 Å². The predicted molar refractivity (Wildman–Crippen MR) is 127 cm³/mol. The van der Waals surface area contributed by atoms with E-state index in [1.54, 1.807) is 0 Å². The molecule has 162 valence electrons. The van der Waals surface area contributed by atoms with Gasteiger partial charge in [0.25, 0.3) is 0 Å². The summed E-state index contributed by atoms with van der Waals surface area (Å²) in [7, 11) is 4.21. The van der Waals surface area contributed by atoms with Gasteiger partial charge < -0.3 is 9.64 Å². The molecule has 0 aliphatic carbocycles. The third-order valence-corrected chi connectivity index (χ3v) is 6.45. The van der Waals surface area contributed by atoms with Crippen molar-refractivity contribution < 1.29 is 9.13 Å². The number of pyridine rings is 1. The molecule has 0 fully saturated rings. The molecular formula is C28H27FN2O. The van der Waals surface area contributed by atoms with Gasteiger partial charge in [0.1, 0.15) is 5.82 Å². The van der Waals surface area contributed by atoms with E-state index in [0.29, 0.717) is 6.61 Å². The van der Waals surface area contributed by atoms with E-state index in [9.17, 15) is 4.39 Å². The lowest BCUT2D eigenvalue weighted by molar-refractivity contribution is 0.00519. The highest BCUT2D eigenvalue weighted by Crippen LogP contribution is 2.38. The van der Waals surface area contributed by atoms with Crippen LogP contribution >= 0.6 is 0 Å². The molecule has 0 N–H and O–H groups in total. The van der Waals surface area contributed by atoms with Gasteiger partial charge in [-0.25, -0.2) is 4.39 Å². The summed E-state index contributed by atoms with van der Waals surface area (Å²) in [6.45, 7) is 0.621. The number of aromatic nitrogens is 1. The molecule has 0 saturated carbocycles. The second-order valence-electron chi connectivity index (χ2n) is 8.76. The van der Waals surface area contributed by atoms with Crippen molar-refractivity contribution in [3.05, 3.63) is 102 Å². The van der Waals surface area contributed by atoms with E-state index in [-0.39, 0.29) is 18.0 Å². The molecule has 2 heterocycles. The van der Waals surface area contributed by atoms with Gasteiger partial charge in [0, 0.05) is 23.2 Å². The molecule has 3 nitrogen and oxygen atoms in total. The van der Waals surface area contributed by atoms with Crippen molar-refractivity contribution in [3.63, 3.8) is 0 Å². The maximum Gasteiger partial charge on any atom is 0.123 e. The molecule has 4 heteroatoms. The average Bonchev–Trinajstić information content (AvgIpc) is 3.23. The quantitative estimate of drug-likeness (QED) is 0.368. The fourth-order valence-electron chi connectivity index (χ4n) is 4.65. The molecule has 32 heavy (non-hydrogen) atoms. The summed E-state index contributed by atoms with van der Waals surface area (Å²) in [5.41, 5.74) is 6.95. The van der Waals surface area contributed by atoms with E-state index in [1.165, 1.54) is 28.8 Å². The van der Waals surface area contributed by atoms with Gasteiger partial charge in [0.15, 0.2) is 0 Å². The number of rotatable bonds is 6. The molecule has 5 rings (SSSR count). The number of benzene rings is 3. The number of para-hydroxylation sites is 1. The number of ether oxygens (including phenoxy) is 1. The van der Waals surface area contributed by atoms with Crippen LogP contribution in [-0.4, -0.2) is 30.0 Å². The summed E-state index contributed by atoms with van der Waals surface area (Å²) in [6, 6.07) is 24.1. The zero-order chi connectivity index (χ0) is 22.1. The minimum atomic E-state index is -0.191. The fraction of sp³-hybridized carbons (Fsp3) is 0.250. The van der Waals surface area contributed by atoms with Crippen molar-refractivity contribution in [2.45, 2.75) is 31.6 Å². The average molecular weight is 427 g/mol. The Bertz CT molecular complexity index is 1240. The molecule has 0 spiro atoms. The molecule has 3 aromatic carbocycles. The standard InChI is InChI=1S/C28H27FN2O/c1-31(2)27(14-9-19-7-11-24(29)12-8-19)28-25-13-10-20(15-23(25)18-32-28)22-16-21-5-3-4-6-26(21)30-17-22/h3-8,10-13,15-17,27-28H,9,14,18H2,1-2H3. The number of likely N-dealkylation sites (N-methyl/N-ethyl adjacent to an activating group) is 1. The maximum atomic E-state index is 13.2. The van der Waals surface area contributed by atoms with E-state index >= 15 is 0 Å². The largest absolute Gasteiger partial charge is 0.367 e. The van der Waals surface area contributed by atoms with Crippen LogP contribution in [-0.2, 0) is 17.8 Å². The zero-order valence-electron chi connectivity index (χ0n) is 18.5. The third kappa shape index (κ3) is 4.16. The minimum Gasteiger partial charge on any atom is -0.367 e. The smallest absolute Gasteiger partial charge is 0.123 e. The van der Waals surface area contributed by atoms with Crippen LogP contribution in [0.15, 0.2) is 79.0 Å². The molecular weight excluding hydrogens is 399 g/mol. The number of fused-ring (bicyclic) bond motifs is 2. The van der Waals surface area contributed by atoms with Gasteiger partial charge in [-0.05, 0) is 79.5 Å². The predicted octanol–water partition coefficient (Wildman–Crippen LogP) is 6.18. The lowest BCUT2D eigenvalue weighted by Gasteiger charge is -2.30. The normalized spacial score (nSPS) is 16.4. The topological polar surface area (TPSA) is 25.4 Å². The molecule has 4 aromatic rings. The van der Waals surface area contributed by atoms with E-state index < -0.39 is 0 Å². The second-order valence-corrected chi connectivity index (χ2v) is 8.76. The van der Waals surface area contributed by atoms with Gasteiger partial charge >= 0.3 is 0 Å². The summed E-state index contributed by atoms with van der Waals surface area (Å²) in [6.07, 6.45) is 3.81. The minimum absolute atomic E-state index is 0.0317. The van der Waals surface area contributed by atoms with E-state index in [4.69, 9.17) is 4.74 Å². The van der Waals surface area contributed by atoms with E-state index in [1.807, 2.05) is 36.5 Å². The SMILES string of the molecule is CN(C)C(CCc1ccc(F)cc1)C1OCc2cc(-c3cnc4ccccc4c3)ccc21.